The first-order valence-electron chi connectivity index (χ1n) is 2.69. The molecule has 1 amide bonds. The molecule has 1 unspecified atom stereocenters. The Kier molecular flexibility index (Phi) is 2.32. The van der Waals surface area contributed by atoms with E-state index in [1.807, 2.05) is 0 Å². The highest BCUT2D eigenvalue weighted by atomic mass is 32.2. The minimum Gasteiger partial charge on any atom is -0.369 e. The third-order valence-electron chi connectivity index (χ3n) is 1.18. The maximum absolute atomic E-state index is 10.5. The standard InChI is InChI=1S/C4H9N3OS/c5-4(8)3-1-6-7-9-2-3/h3,6-7H,1-2H2,(H2,5,8). The molecule has 1 rings (SSSR count). The van der Waals surface area contributed by atoms with Crippen molar-refractivity contribution in [3.63, 3.8) is 0 Å². The molecule has 0 spiro atoms. The topological polar surface area (TPSA) is 67.2 Å². The van der Waals surface area contributed by atoms with Crippen molar-refractivity contribution in [2.45, 2.75) is 0 Å². The van der Waals surface area contributed by atoms with Crippen molar-refractivity contribution in [1.29, 1.82) is 0 Å². The van der Waals surface area contributed by atoms with Gasteiger partial charge in [-0.3, -0.25) is 4.79 Å². The van der Waals surface area contributed by atoms with Crippen molar-refractivity contribution in [2.24, 2.45) is 11.7 Å². The fourth-order valence-corrected chi connectivity index (χ4v) is 1.35. The quantitative estimate of drug-likeness (QED) is 0.409. The van der Waals surface area contributed by atoms with Crippen LogP contribution in [0.25, 0.3) is 0 Å². The zero-order valence-electron chi connectivity index (χ0n) is 4.89. The first-order chi connectivity index (χ1) is 4.30. The molecule has 4 nitrogen and oxygen atoms in total. The highest BCUT2D eigenvalue weighted by Crippen LogP contribution is 2.06. The Balaban J connectivity index is 2.31. The van der Waals surface area contributed by atoms with Crippen molar-refractivity contribution in [3.05, 3.63) is 0 Å². The summed E-state index contributed by atoms with van der Waals surface area (Å²) in [6.45, 7) is 0.641. The number of rotatable bonds is 1. The summed E-state index contributed by atoms with van der Waals surface area (Å²) in [5.74, 6) is 0.523. The first-order valence-corrected chi connectivity index (χ1v) is 3.68. The maximum Gasteiger partial charge on any atom is 0.222 e. The summed E-state index contributed by atoms with van der Waals surface area (Å²) >= 11 is 1.47. The van der Waals surface area contributed by atoms with Gasteiger partial charge >= 0.3 is 0 Å². The van der Waals surface area contributed by atoms with Crippen molar-refractivity contribution >= 4 is 17.9 Å². The molecule has 1 heterocycles. The van der Waals surface area contributed by atoms with Crippen LogP contribution in [0.1, 0.15) is 0 Å². The molecule has 5 heteroatoms. The lowest BCUT2D eigenvalue weighted by Gasteiger charge is -2.19. The van der Waals surface area contributed by atoms with E-state index in [1.54, 1.807) is 0 Å². The van der Waals surface area contributed by atoms with Crippen molar-refractivity contribution < 1.29 is 4.79 Å². The largest absolute Gasteiger partial charge is 0.369 e. The van der Waals surface area contributed by atoms with Gasteiger partial charge in [-0.25, -0.2) is 10.3 Å². The Labute approximate surface area is 57.7 Å². The third-order valence-corrected chi connectivity index (χ3v) is 2.04. The van der Waals surface area contributed by atoms with E-state index in [0.717, 1.165) is 5.75 Å². The molecule has 1 aliphatic heterocycles. The lowest BCUT2D eigenvalue weighted by atomic mass is 10.2. The van der Waals surface area contributed by atoms with Crippen molar-refractivity contribution in [2.75, 3.05) is 12.3 Å². The van der Waals surface area contributed by atoms with Crippen LogP contribution in [0, 0.1) is 5.92 Å². The fraction of sp³-hybridized carbons (Fsp3) is 0.750. The van der Waals surface area contributed by atoms with Gasteiger partial charge in [-0.15, -0.1) is 0 Å². The van der Waals surface area contributed by atoms with E-state index >= 15 is 0 Å². The van der Waals surface area contributed by atoms with E-state index in [4.69, 9.17) is 5.73 Å². The highest BCUT2D eigenvalue weighted by molar-refractivity contribution is 7.97. The Bertz CT molecular complexity index is 112. The molecule has 0 aromatic rings. The zero-order chi connectivity index (χ0) is 6.69. The predicted octanol–water partition coefficient (Wildman–Crippen LogP) is -1.16. The second-order valence-corrected chi connectivity index (χ2v) is 2.72. The van der Waals surface area contributed by atoms with E-state index < -0.39 is 0 Å². The fourth-order valence-electron chi connectivity index (χ4n) is 0.600. The molecule has 4 N–H and O–H groups in total. The zero-order valence-corrected chi connectivity index (χ0v) is 5.70. The van der Waals surface area contributed by atoms with E-state index in [-0.39, 0.29) is 11.8 Å². The van der Waals surface area contributed by atoms with Gasteiger partial charge in [0.1, 0.15) is 0 Å². The summed E-state index contributed by atoms with van der Waals surface area (Å²) in [7, 11) is 0. The molecule has 0 aliphatic carbocycles. The smallest absolute Gasteiger partial charge is 0.222 e. The van der Waals surface area contributed by atoms with Gasteiger partial charge < -0.3 is 5.73 Å². The van der Waals surface area contributed by atoms with Gasteiger partial charge in [-0.2, -0.15) is 0 Å². The van der Waals surface area contributed by atoms with Gasteiger partial charge in [0.25, 0.3) is 0 Å². The minimum atomic E-state index is -0.225. The lowest BCUT2D eigenvalue weighted by Crippen LogP contribution is -2.43. The van der Waals surface area contributed by atoms with Crippen LogP contribution in [0.3, 0.4) is 0 Å². The van der Waals surface area contributed by atoms with Crippen LogP contribution in [0.4, 0.5) is 0 Å². The molecule has 1 aliphatic rings. The van der Waals surface area contributed by atoms with Gasteiger partial charge in [0.2, 0.25) is 5.91 Å². The molecule has 0 radical (unpaired) electrons. The molecule has 1 saturated heterocycles. The molecular weight excluding hydrogens is 138 g/mol. The van der Waals surface area contributed by atoms with Crippen molar-refractivity contribution in [1.82, 2.24) is 10.3 Å². The summed E-state index contributed by atoms with van der Waals surface area (Å²) in [5, 5.41) is 0. The van der Waals surface area contributed by atoms with Crippen LogP contribution >= 0.6 is 11.9 Å². The molecule has 52 valence electrons. The summed E-state index contributed by atoms with van der Waals surface area (Å²) in [4.78, 5) is 13.3. The molecular formula is C4H9N3OS. The monoisotopic (exact) mass is 147 g/mol. The number of nitrogens with two attached hydrogens (primary N) is 1. The number of hydrogen-bond acceptors (Lipinski definition) is 4. The van der Waals surface area contributed by atoms with E-state index in [9.17, 15) is 4.79 Å². The van der Waals surface area contributed by atoms with Crippen LogP contribution < -0.4 is 16.0 Å². The van der Waals surface area contributed by atoms with Crippen LogP contribution in [0.5, 0.6) is 0 Å². The SMILES string of the molecule is NC(=O)C1CNNSC1. The van der Waals surface area contributed by atoms with Crippen molar-refractivity contribution in [3.8, 4) is 0 Å². The Morgan fingerprint density at radius 1 is 1.78 bits per heavy atom. The highest BCUT2D eigenvalue weighted by Gasteiger charge is 2.17. The Morgan fingerprint density at radius 2 is 2.56 bits per heavy atom. The first kappa shape index (κ1) is 6.85. The predicted molar refractivity (Wildman–Crippen MR) is 36.3 cm³/mol. The normalized spacial score (nSPS) is 27.8. The summed E-state index contributed by atoms with van der Waals surface area (Å²) < 4.78 is 0. The van der Waals surface area contributed by atoms with Crippen LogP contribution in [-0.2, 0) is 4.79 Å². The Hall–Kier alpha value is -0.260. The molecule has 0 bridgehead atoms. The lowest BCUT2D eigenvalue weighted by molar-refractivity contribution is -0.121. The average molecular weight is 147 g/mol. The van der Waals surface area contributed by atoms with Gasteiger partial charge in [0, 0.05) is 12.3 Å². The summed E-state index contributed by atoms with van der Waals surface area (Å²) in [5.41, 5.74) is 7.88. The van der Waals surface area contributed by atoms with Gasteiger partial charge in [0.15, 0.2) is 0 Å². The average Bonchev–Trinajstić information content (AvgIpc) is 1.90. The molecule has 0 aromatic heterocycles. The molecule has 1 atom stereocenters. The van der Waals surface area contributed by atoms with Gasteiger partial charge in [-0.05, 0) is 0 Å². The number of nitrogens with one attached hydrogen (secondary N) is 2. The Morgan fingerprint density at radius 3 is 2.89 bits per heavy atom. The van der Waals surface area contributed by atoms with E-state index in [2.05, 4.69) is 10.3 Å². The van der Waals surface area contributed by atoms with E-state index in [1.165, 1.54) is 11.9 Å². The van der Waals surface area contributed by atoms with E-state index in [0.29, 0.717) is 6.54 Å². The van der Waals surface area contributed by atoms with Gasteiger partial charge in [-0.1, -0.05) is 11.9 Å². The molecule has 0 aromatic carbocycles. The number of carbonyl (C=O) groups excluding carboxylic acids is 1. The van der Waals surface area contributed by atoms with Gasteiger partial charge in [0.05, 0.1) is 5.92 Å². The number of carbonyl (C=O) groups is 1. The third kappa shape index (κ3) is 1.85. The summed E-state index contributed by atoms with van der Waals surface area (Å²) in [6, 6.07) is 0. The van der Waals surface area contributed by atoms with Crippen LogP contribution in [-0.4, -0.2) is 18.2 Å². The number of hydrazine groups is 1. The molecule has 9 heavy (non-hydrogen) atoms. The minimum absolute atomic E-state index is 0.0174. The number of primary amides is 1. The molecule has 0 saturated carbocycles. The summed E-state index contributed by atoms with van der Waals surface area (Å²) in [6.07, 6.45) is 0. The number of hydrogen-bond donors (Lipinski definition) is 3. The van der Waals surface area contributed by atoms with Crippen LogP contribution in [0.2, 0.25) is 0 Å². The second-order valence-electron chi connectivity index (χ2n) is 1.89. The molecule has 1 fully saturated rings. The van der Waals surface area contributed by atoms with Crippen LogP contribution in [0.15, 0.2) is 0 Å². The number of amides is 1. The maximum atomic E-state index is 10.5. The second kappa shape index (κ2) is 3.05.